The lowest BCUT2D eigenvalue weighted by molar-refractivity contribution is -0.122. The molecule has 1 N–H and O–H groups in total. The van der Waals surface area contributed by atoms with E-state index in [-0.39, 0.29) is 5.91 Å². The van der Waals surface area contributed by atoms with Gasteiger partial charge in [0.25, 0.3) is 5.91 Å². The number of carbonyl (C=O) groups excluding carboxylic acids is 1. The predicted octanol–water partition coefficient (Wildman–Crippen LogP) is 5.13. The molecule has 0 bridgehead atoms. The van der Waals surface area contributed by atoms with E-state index < -0.39 is 5.54 Å². The van der Waals surface area contributed by atoms with E-state index in [4.69, 9.17) is 4.99 Å². The number of nitrogens with one attached hydrogen (secondary N) is 1. The normalized spacial score (nSPS) is 17.2. The summed E-state index contributed by atoms with van der Waals surface area (Å²) < 4.78 is 0. The minimum atomic E-state index is -1.08. The van der Waals surface area contributed by atoms with Crippen molar-refractivity contribution in [2.45, 2.75) is 38.3 Å². The number of carbonyl (C=O) groups is 1. The first kappa shape index (κ1) is 21.6. The second-order valence-electron chi connectivity index (χ2n) is 9.24. The van der Waals surface area contributed by atoms with Crippen molar-refractivity contribution in [2.75, 3.05) is 13.1 Å². The van der Waals surface area contributed by atoms with E-state index in [1.165, 1.54) is 24.9 Å². The number of amides is 1. The van der Waals surface area contributed by atoms with Crippen molar-refractivity contribution in [1.29, 1.82) is 0 Å². The zero-order chi connectivity index (χ0) is 22.7. The van der Waals surface area contributed by atoms with Gasteiger partial charge in [-0.1, -0.05) is 85.8 Å². The third-order valence-electron chi connectivity index (χ3n) is 6.58. The highest BCUT2D eigenvalue weighted by molar-refractivity contribution is 6.16. The zero-order valence-electron chi connectivity index (χ0n) is 19.2. The lowest BCUT2D eigenvalue weighted by Crippen LogP contribution is -2.38. The Bertz CT molecular complexity index is 1100. The van der Waals surface area contributed by atoms with Crippen molar-refractivity contribution >= 4 is 11.7 Å². The van der Waals surface area contributed by atoms with Gasteiger partial charge in [0.05, 0.1) is 0 Å². The van der Waals surface area contributed by atoms with Crippen LogP contribution >= 0.6 is 0 Å². The molecule has 0 atom stereocenters. The molecule has 1 fully saturated rings. The maximum atomic E-state index is 13.5. The molecule has 1 amide bonds. The van der Waals surface area contributed by atoms with E-state index in [9.17, 15) is 4.79 Å². The lowest BCUT2D eigenvalue weighted by atomic mass is 9.83. The molecule has 168 valence electrons. The molecule has 2 aliphatic rings. The Morgan fingerprint density at radius 2 is 1.61 bits per heavy atom. The maximum Gasteiger partial charge on any atom is 0.262 e. The molecule has 3 aromatic carbocycles. The summed E-state index contributed by atoms with van der Waals surface area (Å²) in [7, 11) is 0. The van der Waals surface area contributed by atoms with Crippen molar-refractivity contribution < 1.29 is 4.79 Å². The maximum absolute atomic E-state index is 13.5. The molecule has 0 radical (unpaired) electrons. The first-order chi connectivity index (χ1) is 16.2. The fraction of sp³-hybridized carbons (Fsp3) is 0.310. The molecule has 1 heterocycles. The van der Waals surface area contributed by atoms with E-state index in [1.807, 2.05) is 66.7 Å². The van der Waals surface area contributed by atoms with Gasteiger partial charge in [-0.3, -0.25) is 9.69 Å². The van der Waals surface area contributed by atoms with Crippen LogP contribution in [0.25, 0.3) is 0 Å². The number of rotatable bonds is 9. The van der Waals surface area contributed by atoms with Crippen LogP contribution in [0.4, 0.5) is 0 Å². The highest BCUT2D eigenvalue weighted by Gasteiger charge is 2.47. The molecular formula is C29H31N3O. The molecule has 0 saturated heterocycles. The van der Waals surface area contributed by atoms with Crippen molar-refractivity contribution in [3.05, 3.63) is 107 Å². The highest BCUT2D eigenvalue weighted by Crippen LogP contribution is 2.37. The Morgan fingerprint density at radius 3 is 2.21 bits per heavy atom. The van der Waals surface area contributed by atoms with Crippen LogP contribution < -0.4 is 5.32 Å². The summed E-state index contributed by atoms with van der Waals surface area (Å²) in [5, 5.41) is 3.10. The molecule has 1 aliphatic heterocycles. The first-order valence-electron chi connectivity index (χ1n) is 12.0. The van der Waals surface area contributed by atoms with Crippen LogP contribution in [0.1, 0.15) is 48.4 Å². The van der Waals surface area contributed by atoms with Gasteiger partial charge in [0.1, 0.15) is 5.84 Å². The van der Waals surface area contributed by atoms with Crippen molar-refractivity contribution in [2.24, 2.45) is 10.9 Å². The predicted molar refractivity (Wildman–Crippen MR) is 133 cm³/mol. The molecule has 3 aromatic rings. The van der Waals surface area contributed by atoms with Crippen LogP contribution in [-0.2, 0) is 16.9 Å². The van der Waals surface area contributed by atoms with Gasteiger partial charge in [-0.25, -0.2) is 4.99 Å². The number of amidine groups is 1. The number of nitrogens with zero attached hydrogens (tertiary/aromatic N) is 2. The molecular weight excluding hydrogens is 406 g/mol. The molecule has 4 nitrogen and oxygen atoms in total. The van der Waals surface area contributed by atoms with Gasteiger partial charge in [-0.15, -0.1) is 0 Å². The molecule has 4 heteroatoms. The van der Waals surface area contributed by atoms with Crippen molar-refractivity contribution in [1.82, 2.24) is 10.2 Å². The highest BCUT2D eigenvalue weighted by atomic mass is 16.2. The monoisotopic (exact) mass is 437 g/mol. The number of hydrogen-bond acceptors (Lipinski definition) is 3. The van der Waals surface area contributed by atoms with Crippen LogP contribution in [0.3, 0.4) is 0 Å². The Kier molecular flexibility index (Phi) is 6.10. The summed E-state index contributed by atoms with van der Waals surface area (Å²) >= 11 is 0. The van der Waals surface area contributed by atoms with Crippen LogP contribution in [0.5, 0.6) is 0 Å². The summed E-state index contributed by atoms with van der Waals surface area (Å²) in [5.74, 6) is 1.40. The summed E-state index contributed by atoms with van der Waals surface area (Å²) in [5.41, 5.74) is 2.89. The smallest absolute Gasteiger partial charge is 0.262 e. The standard InChI is InChI=1S/C29H31N3O/c1-2-18-32(20-22-16-17-22)21-23-10-9-11-24(19-23)27-30-28(33)29(31-27,25-12-5-3-6-13-25)26-14-7-4-8-15-26/h3-15,19,22H,2,16-18,20-21H2,1H3,(H,30,31,33). The van der Waals surface area contributed by atoms with Gasteiger partial charge in [0.2, 0.25) is 0 Å². The number of hydrogen-bond donors (Lipinski definition) is 1. The summed E-state index contributed by atoms with van der Waals surface area (Å²) in [6, 6.07) is 28.2. The van der Waals surface area contributed by atoms with E-state index in [0.717, 1.165) is 42.1 Å². The van der Waals surface area contributed by atoms with Crippen LogP contribution in [0.15, 0.2) is 89.9 Å². The largest absolute Gasteiger partial charge is 0.308 e. The van der Waals surface area contributed by atoms with Gasteiger partial charge in [-0.2, -0.15) is 0 Å². The van der Waals surface area contributed by atoms with Gasteiger partial charge >= 0.3 is 0 Å². The van der Waals surface area contributed by atoms with E-state index in [1.54, 1.807) is 0 Å². The Hall–Kier alpha value is -3.24. The molecule has 1 aliphatic carbocycles. The lowest BCUT2D eigenvalue weighted by Gasteiger charge is -2.24. The quantitative estimate of drug-likeness (QED) is 0.504. The van der Waals surface area contributed by atoms with Crippen molar-refractivity contribution in [3.63, 3.8) is 0 Å². The number of benzene rings is 3. The Morgan fingerprint density at radius 1 is 0.939 bits per heavy atom. The molecule has 0 unspecified atom stereocenters. The molecule has 0 aromatic heterocycles. The van der Waals surface area contributed by atoms with Crippen LogP contribution in [-0.4, -0.2) is 29.7 Å². The van der Waals surface area contributed by atoms with E-state index >= 15 is 0 Å². The first-order valence-corrected chi connectivity index (χ1v) is 12.0. The van der Waals surface area contributed by atoms with Gasteiger partial charge in [0.15, 0.2) is 5.54 Å². The van der Waals surface area contributed by atoms with Gasteiger partial charge in [-0.05, 0) is 54.5 Å². The summed E-state index contributed by atoms with van der Waals surface area (Å²) in [6.45, 7) is 5.47. The molecule has 1 saturated carbocycles. The van der Waals surface area contributed by atoms with E-state index in [0.29, 0.717) is 5.84 Å². The fourth-order valence-electron chi connectivity index (χ4n) is 4.79. The molecule has 0 spiro atoms. The van der Waals surface area contributed by atoms with Gasteiger partial charge in [0, 0.05) is 18.7 Å². The van der Waals surface area contributed by atoms with Crippen molar-refractivity contribution in [3.8, 4) is 0 Å². The minimum Gasteiger partial charge on any atom is -0.308 e. The number of aliphatic imine (C=N–C) groups is 1. The Labute approximate surface area is 196 Å². The summed E-state index contributed by atoms with van der Waals surface area (Å²) in [4.78, 5) is 21.2. The average molecular weight is 438 g/mol. The second kappa shape index (κ2) is 9.32. The minimum absolute atomic E-state index is 0.110. The Balaban J connectivity index is 1.49. The fourth-order valence-corrected chi connectivity index (χ4v) is 4.79. The molecule has 5 rings (SSSR count). The average Bonchev–Trinajstić information content (AvgIpc) is 3.60. The topological polar surface area (TPSA) is 44.7 Å². The van der Waals surface area contributed by atoms with Crippen LogP contribution in [0.2, 0.25) is 0 Å². The van der Waals surface area contributed by atoms with Gasteiger partial charge < -0.3 is 5.32 Å². The SMILES string of the molecule is CCCN(Cc1cccc(C2=NC(c3ccccc3)(c3ccccc3)C(=O)N2)c1)CC1CC1. The zero-order valence-corrected chi connectivity index (χ0v) is 19.2. The summed E-state index contributed by atoms with van der Waals surface area (Å²) in [6.07, 6.45) is 3.89. The molecule has 33 heavy (non-hydrogen) atoms. The third kappa shape index (κ3) is 4.49. The van der Waals surface area contributed by atoms with E-state index in [2.05, 4.69) is 35.3 Å². The second-order valence-corrected chi connectivity index (χ2v) is 9.24. The van der Waals surface area contributed by atoms with Crippen LogP contribution in [0, 0.1) is 5.92 Å². The third-order valence-corrected chi connectivity index (χ3v) is 6.58.